The Labute approximate surface area is 66.7 Å². The van der Waals surface area contributed by atoms with Crippen molar-refractivity contribution < 1.29 is 0 Å². The monoisotopic (exact) mass is 148 g/mol. The molecule has 2 rings (SSSR count). The summed E-state index contributed by atoms with van der Waals surface area (Å²) in [5.41, 5.74) is 3.95. The van der Waals surface area contributed by atoms with E-state index in [2.05, 4.69) is 17.2 Å². The predicted molar refractivity (Wildman–Crippen MR) is 45.8 cm³/mol. The molecule has 11 heavy (non-hydrogen) atoms. The van der Waals surface area contributed by atoms with Gasteiger partial charge in [-0.15, -0.1) is 0 Å². The van der Waals surface area contributed by atoms with Gasteiger partial charge >= 0.3 is 0 Å². The van der Waals surface area contributed by atoms with Gasteiger partial charge in [-0.1, -0.05) is 0 Å². The lowest BCUT2D eigenvalue weighted by Gasteiger charge is -2.18. The Morgan fingerprint density at radius 1 is 1.45 bits per heavy atom. The van der Waals surface area contributed by atoms with Crippen LogP contribution in [0.4, 0.5) is 5.69 Å². The highest BCUT2D eigenvalue weighted by Gasteiger charge is 2.09. The van der Waals surface area contributed by atoms with E-state index >= 15 is 0 Å². The molecule has 1 N–H and O–H groups in total. The maximum Gasteiger partial charge on any atom is 0.0433 e. The standard InChI is InChI=1S/C9H12N2/c1-7-5-10-6-8-3-2-4-11-9(7)8/h5-6,11H,2-4H2,1H3. The number of hydrogen-bond acceptors (Lipinski definition) is 2. The quantitative estimate of drug-likeness (QED) is 0.606. The molecule has 2 heterocycles. The smallest absolute Gasteiger partial charge is 0.0433 e. The summed E-state index contributed by atoms with van der Waals surface area (Å²) >= 11 is 0. The first-order valence-corrected chi connectivity index (χ1v) is 4.05. The minimum Gasteiger partial charge on any atom is -0.385 e. The molecule has 0 aromatic carbocycles. The van der Waals surface area contributed by atoms with Gasteiger partial charge in [0.15, 0.2) is 0 Å². The molecule has 0 bridgehead atoms. The van der Waals surface area contributed by atoms with Gasteiger partial charge in [0.2, 0.25) is 0 Å². The normalized spacial score (nSPS) is 15.4. The van der Waals surface area contributed by atoms with Gasteiger partial charge in [-0.05, 0) is 30.9 Å². The third-order valence-corrected chi connectivity index (χ3v) is 2.14. The number of rotatable bonds is 0. The molecule has 1 aliphatic rings. The number of aryl methyl sites for hydroxylation is 2. The van der Waals surface area contributed by atoms with Gasteiger partial charge in [-0.2, -0.15) is 0 Å². The van der Waals surface area contributed by atoms with E-state index < -0.39 is 0 Å². The van der Waals surface area contributed by atoms with Crippen LogP contribution in [0.2, 0.25) is 0 Å². The minimum absolute atomic E-state index is 1.11. The fraction of sp³-hybridized carbons (Fsp3) is 0.444. The van der Waals surface area contributed by atoms with Crippen LogP contribution < -0.4 is 5.32 Å². The zero-order chi connectivity index (χ0) is 7.68. The summed E-state index contributed by atoms with van der Waals surface area (Å²) in [7, 11) is 0. The van der Waals surface area contributed by atoms with Crippen molar-refractivity contribution in [3.05, 3.63) is 23.5 Å². The van der Waals surface area contributed by atoms with E-state index in [0.29, 0.717) is 0 Å². The Balaban J connectivity index is 2.49. The largest absolute Gasteiger partial charge is 0.385 e. The summed E-state index contributed by atoms with van der Waals surface area (Å²) in [4.78, 5) is 4.16. The van der Waals surface area contributed by atoms with E-state index in [4.69, 9.17) is 0 Å². The lowest BCUT2D eigenvalue weighted by Crippen LogP contribution is -2.13. The molecule has 0 fully saturated rings. The average Bonchev–Trinajstić information content (AvgIpc) is 2.06. The number of hydrogen-bond donors (Lipinski definition) is 1. The maximum absolute atomic E-state index is 4.16. The molecule has 2 heteroatoms. The number of aromatic nitrogens is 1. The van der Waals surface area contributed by atoms with Gasteiger partial charge in [0.25, 0.3) is 0 Å². The summed E-state index contributed by atoms with van der Waals surface area (Å²) in [6, 6.07) is 0. The van der Waals surface area contributed by atoms with Crippen LogP contribution in [-0.4, -0.2) is 11.5 Å². The summed E-state index contributed by atoms with van der Waals surface area (Å²) in [6.07, 6.45) is 6.29. The van der Waals surface area contributed by atoms with Crippen LogP contribution in [0.5, 0.6) is 0 Å². The van der Waals surface area contributed by atoms with Crippen LogP contribution in [0.1, 0.15) is 17.5 Å². The molecule has 0 unspecified atom stereocenters. The first-order valence-electron chi connectivity index (χ1n) is 4.05. The SMILES string of the molecule is Cc1cncc2c1NCCC2. The topological polar surface area (TPSA) is 24.9 Å². The molecule has 0 radical (unpaired) electrons. The second-order valence-corrected chi connectivity index (χ2v) is 3.02. The number of pyridine rings is 1. The Morgan fingerprint density at radius 3 is 3.18 bits per heavy atom. The first kappa shape index (κ1) is 6.65. The van der Waals surface area contributed by atoms with Gasteiger partial charge in [0, 0.05) is 24.6 Å². The van der Waals surface area contributed by atoms with Gasteiger partial charge < -0.3 is 5.32 Å². The molecule has 0 amide bonds. The molecule has 2 nitrogen and oxygen atoms in total. The van der Waals surface area contributed by atoms with Crippen LogP contribution in [-0.2, 0) is 6.42 Å². The Hall–Kier alpha value is -1.05. The summed E-state index contributed by atoms with van der Waals surface area (Å²) < 4.78 is 0. The molecule has 0 spiro atoms. The van der Waals surface area contributed by atoms with E-state index in [0.717, 1.165) is 6.54 Å². The first-order chi connectivity index (χ1) is 5.38. The van der Waals surface area contributed by atoms with Crippen LogP contribution in [0.3, 0.4) is 0 Å². The third kappa shape index (κ3) is 1.09. The molecule has 0 saturated carbocycles. The van der Waals surface area contributed by atoms with Crippen molar-refractivity contribution in [3.63, 3.8) is 0 Å². The highest BCUT2D eigenvalue weighted by Crippen LogP contribution is 2.23. The highest BCUT2D eigenvalue weighted by atomic mass is 14.9. The van der Waals surface area contributed by atoms with Gasteiger partial charge in [0.05, 0.1) is 0 Å². The molecule has 0 aliphatic carbocycles. The van der Waals surface area contributed by atoms with E-state index in [1.54, 1.807) is 0 Å². The van der Waals surface area contributed by atoms with E-state index in [-0.39, 0.29) is 0 Å². The van der Waals surface area contributed by atoms with Gasteiger partial charge in [-0.3, -0.25) is 4.98 Å². The van der Waals surface area contributed by atoms with E-state index in [1.807, 2.05) is 12.4 Å². The van der Waals surface area contributed by atoms with Crippen molar-refractivity contribution in [1.29, 1.82) is 0 Å². The Bertz CT molecular complexity index is 268. The fourth-order valence-corrected chi connectivity index (χ4v) is 1.56. The van der Waals surface area contributed by atoms with Crippen molar-refractivity contribution in [1.82, 2.24) is 4.98 Å². The number of nitrogens with one attached hydrogen (secondary N) is 1. The summed E-state index contributed by atoms with van der Waals surface area (Å²) in [6.45, 7) is 3.21. The second-order valence-electron chi connectivity index (χ2n) is 3.02. The lowest BCUT2D eigenvalue weighted by atomic mass is 10.0. The Kier molecular flexibility index (Phi) is 1.53. The van der Waals surface area contributed by atoms with Crippen LogP contribution in [0, 0.1) is 6.92 Å². The molecular formula is C9H12N2. The van der Waals surface area contributed by atoms with Gasteiger partial charge in [0.1, 0.15) is 0 Å². The van der Waals surface area contributed by atoms with E-state index in [9.17, 15) is 0 Å². The predicted octanol–water partition coefficient (Wildman–Crippen LogP) is 1.75. The molecule has 1 aromatic rings. The van der Waals surface area contributed by atoms with E-state index in [1.165, 1.54) is 29.7 Å². The van der Waals surface area contributed by atoms with Crippen molar-refractivity contribution in [3.8, 4) is 0 Å². The zero-order valence-corrected chi connectivity index (χ0v) is 6.72. The molecule has 0 saturated heterocycles. The lowest BCUT2D eigenvalue weighted by molar-refractivity contribution is 0.821. The van der Waals surface area contributed by atoms with Crippen molar-refractivity contribution in [2.75, 3.05) is 11.9 Å². The van der Waals surface area contributed by atoms with Crippen molar-refractivity contribution >= 4 is 5.69 Å². The summed E-state index contributed by atoms with van der Waals surface area (Å²) in [5, 5.41) is 3.39. The van der Waals surface area contributed by atoms with Crippen molar-refractivity contribution in [2.45, 2.75) is 19.8 Å². The Morgan fingerprint density at radius 2 is 2.36 bits per heavy atom. The van der Waals surface area contributed by atoms with Crippen LogP contribution in [0.25, 0.3) is 0 Å². The molecule has 58 valence electrons. The zero-order valence-electron chi connectivity index (χ0n) is 6.72. The molecule has 0 atom stereocenters. The average molecular weight is 148 g/mol. The summed E-state index contributed by atoms with van der Waals surface area (Å²) in [5.74, 6) is 0. The number of anilines is 1. The molecule has 1 aliphatic heterocycles. The fourth-order valence-electron chi connectivity index (χ4n) is 1.56. The van der Waals surface area contributed by atoms with Crippen LogP contribution >= 0.6 is 0 Å². The molecular weight excluding hydrogens is 136 g/mol. The van der Waals surface area contributed by atoms with Gasteiger partial charge in [-0.25, -0.2) is 0 Å². The highest BCUT2D eigenvalue weighted by molar-refractivity contribution is 5.56. The molecule has 1 aromatic heterocycles. The number of nitrogens with zero attached hydrogens (tertiary/aromatic N) is 1. The van der Waals surface area contributed by atoms with Crippen molar-refractivity contribution in [2.24, 2.45) is 0 Å². The second kappa shape index (κ2) is 2.53. The maximum atomic E-state index is 4.16. The number of fused-ring (bicyclic) bond motifs is 1. The minimum atomic E-state index is 1.11. The third-order valence-electron chi connectivity index (χ3n) is 2.14. The van der Waals surface area contributed by atoms with Crippen LogP contribution in [0.15, 0.2) is 12.4 Å².